The molecule has 1 aliphatic carbocycles. The third kappa shape index (κ3) is 4.23. The first kappa shape index (κ1) is 21.5. The average Bonchev–Trinajstić information content (AvgIpc) is 3.57. The monoisotopic (exact) mass is 437 g/mol. The number of rotatable bonds is 5. The lowest BCUT2D eigenvalue weighted by Crippen LogP contribution is -2.43. The Hall–Kier alpha value is -2.69. The van der Waals surface area contributed by atoms with Gasteiger partial charge in [-0.15, -0.1) is 0 Å². The van der Waals surface area contributed by atoms with E-state index in [2.05, 4.69) is 11.4 Å². The lowest BCUT2D eigenvalue weighted by Gasteiger charge is -2.31. The number of hydrogen-bond acceptors (Lipinski definition) is 4. The summed E-state index contributed by atoms with van der Waals surface area (Å²) >= 11 is 0. The number of amides is 1. The summed E-state index contributed by atoms with van der Waals surface area (Å²) < 4.78 is 27.9. The smallest absolute Gasteiger partial charge is 0.243 e. The molecule has 162 valence electrons. The fourth-order valence-electron chi connectivity index (χ4n) is 4.21. The lowest BCUT2D eigenvalue weighted by molar-refractivity contribution is -0.120. The number of sulfonamides is 1. The first-order valence-electron chi connectivity index (χ1n) is 10.7. The van der Waals surface area contributed by atoms with Gasteiger partial charge in [0, 0.05) is 18.8 Å². The number of carbonyl (C=O) groups excluding carboxylic acids is 1. The number of carbonyl (C=O) groups is 1. The first-order valence-corrected chi connectivity index (χ1v) is 12.1. The van der Waals surface area contributed by atoms with E-state index in [0.717, 1.165) is 24.0 Å². The highest BCUT2D eigenvalue weighted by atomic mass is 32.2. The Labute approximate surface area is 183 Å². The van der Waals surface area contributed by atoms with Crippen LogP contribution >= 0.6 is 0 Å². The number of benzene rings is 2. The van der Waals surface area contributed by atoms with Gasteiger partial charge >= 0.3 is 0 Å². The maximum atomic E-state index is 13.2. The molecule has 1 aliphatic heterocycles. The summed E-state index contributed by atoms with van der Waals surface area (Å²) in [6, 6.07) is 15.2. The minimum Gasteiger partial charge on any atom is -0.326 e. The van der Waals surface area contributed by atoms with Crippen LogP contribution in [0.3, 0.4) is 0 Å². The fraction of sp³-hybridized carbons (Fsp3) is 0.417. The molecule has 0 spiro atoms. The minimum absolute atomic E-state index is 0.171. The van der Waals surface area contributed by atoms with Crippen molar-refractivity contribution < 1.29 is 13.2 Å². The molecule has 1 saturated heterocycles. The van der Waals surface area contributed by atoms with Gasteiger partial charge in [0.05, 0.1) is 22.3 Å². The third-order valence-electron chi connectivity index (χ3n) is 6.39. The molecule has 0 bridgehead atoms. The van der Waals surface area contributed by atoms with Crippen LogP contribution in [0.1, 0.15) is 42.4 Å². The highest BCUT2D eigenvalue weighted by Gasteiger charge is 2.44. The third-order valence-corrected chi connectivity index (χ3v) is 8.39. The van der Waals surface area contributed by atoms with Gasteiger partial charge in [-0.25, -0.2) is 8.42 Å². The number of hydrogen-bond donors (Lipinski definition) is 1. The maximum absolute atomic E-state index is 13.2. The van der Waals surface area contributed by atoms with E-state index in [1.807, 2.05) is 43.3 Å². The molecular formula is C24H27N3O3S. The van der Waals surface area contributed by atoms with Gasteiger partial charge in [-0.2, -0.15) is 9.57 Å². The Bertz CT molecular complexity index is 1150. The number of nitriles is 1. The van der Waals surface area contributed by atoms with Crippen LogP contribution in [0.2, 0.25) is 0 Å². The van der Waals surface area contributed by atoms with Crippen molar-refractivity contribution in [3.63, 3.8) is 0 Å². The number of anilines is 1. The second kappa shape index (κ2) is 8.10. The van der Waals surface area contributed by atoms with Gasteiger partial charge in [0.15, 0.2) is 0 Å². The molecule has 2 aromatic rings. The molecule has 2 fully saturated rings. The molecule has 1 N–H and O–H groups in total. The number of piperidine rings is 1. The first-order chi connectivity index (χ1) is 14.7. The summed E-state index contributed by atoms with van der Waals surface area (Å²) in [7, 11) is -3.65. The van der Waals surface area contributed by atoms with E-state index >= 15 is 0 Å². The molecule has 0 aromatic heterocycles. The molecule has 2 aliphatic rings. The van der Waals surface area contributed by atoms with Gasteiger partial charge in [0.25, 0.3) is 0 Å². The van der Waals surface area contributed by atoms with Crippen LogP contribution in [0, 0.1) is 31.1 Å². The van der Waals surface area contributed by atoms with Crippen molar-refractivity contribution in [2.24, 2.45) is 5.92 Å². The van der Waals surface area contributed by atoms with Gasteiger partial charge in [0.1, 0.15) is 0 Å². The van der Waals surface area contributed by atoms with E-state index in [1.165, 1.54) is 4.31 Å². The highest BCUT2D eigenvalue weighted by Crippen LogP contribution is 2.47. The summed E-state index contributed by atoms with van der Waals surface area (Å²) in [4.78, 5) is 13.2. The molecule has 0 radical (unpaired) electrons. The maximum Gasteiger partial charge on any atom is 0.243 e. The van der Waals surface area contributed by atoms with Crippen molar-refractivity contribution in [2.75, 3.05) is 18.4 Å². The van der Waals surface area contributed by atoms with Crippen LogP contribution in [-0.2, 0) is 20.2 Å². The molecule has 4 rings (SSSR count). The second-order valence-corrected chi connectivity index (χ2v) is 10.6. The summed E-state index contributed by atoms with van der Waals surface area (Å²) in [5.41, 5.74) is 2.90. The van der Waals surface area contributed by atoms with Crippen LogP contribution in [0.25, 0.3) is 0 Å². The Morgan fingerprint density at radius 1 is 1.16 bits per heavy atom. The van der Waals surface area contributed by atoms with Gasteiger partial charge in [-0.05, 0) is 74.4 Å². The zero-order valence-corrected chi connectivity index (χ0v) is 18.7. The quantitative estimate of drug-likeness (QED) is 0.768. The largest absolute Gasteiger partial charge is 0.326 e. The molecule has 1 atom stereocenters. The second-order valence-electron chi connectivity index (χ2n) is 8.73. The van der Waals surface area contributed by atoms with Crippen LogP contribution in [0.15, 0.2) is 47.4 Å². The fourth-order valence-corrected chi connectivity index (χ4v) is 6.04. The number of aryl methyl sites for hydroxylation is 2. The zero-order valence-electron chi connectivity index (χ0n) is 17.9. The van der Waals surface area contributed by atoms with Crippen molar-refractivity contribution in [3.05, 3.63) is 59.2 Å². The van der Waals surface area contributed by atoms with Crippen molar-refractivity contribution in [1.29, 1.82) is 5.26 Å². The standard InChI is InChI=1S/C24H27N3O3S/c1-17-5-6-18(2)22(14-17)31(29,30)27-13-3-4-19(15-27)23(28)26-21-9-7-20(8-10-21)24(16-25)11-12-24/h5-10,14,19H,3-4,11-13,15H2,1-2H3,(H,26,28)/t19-/m0/s1. The molecule has 1 amide bonds. The van der Waals surface area contributed by atoms with Crippen molar-refractivity contribution in [3.8, 4) is 6.07 Å². The summed E-state index contributed by atoms with van der Waals surface area (Å²) in [5, 5.41) is 12.2. The van der Waals surface area contributed by atoms with E-state index in [0.29, 0.717) is 35.5 Å². The molecule has 1 saturated carbocycles. The zero-order chi connectivity index (χ0) is 22.2. The van der Waals surface area contributed by atoms with E-state index in [4.69, 9.17) is 0 Å². The Balaban J connectivity index is 1.45. The van der Waals surface area contributed by atoms with Crippen LogP contribution in [0.4, 0.5) is 5.69 Å². The van der Waals surface area contributed by atoms with Gasteiger partial charge in [-0.3, -0.25) is 4.79 Å². The summed E-state index contributed by atoms with van der Waals surface area (Å²) in [6.45, 7) is 4.27. The molecule has 0 unspecified atom stereocenters. The van der Waals surface area contributed by atoms with Crippen molar-refractivity contribution >= 4 is 21.6 Å². The molecule has 6 nitrogen and oxygen atoms in total. The average molecular weight is 438 g/mol. The minimum atomic E-state index is -3.65. The van der Waals surface area contributed by atoms with Gasteiger partial charge < -0.3 is 5.32 Å². The highest BCUT2D eigenvalue weighted by molar-refractivity contribution is 7.89. The Kier molecular flexibility index (Phi) is 5.63. The molecule has 2 aromatic carbocycles. The van der Waals surface area contributed by atoms with E-state index in [-0.39, 0.29) is 17.9 Å². The number of nitrogens with one attached hydrogen (secondary N) is 1. The van der Waals surface area contributed by atoms with Gasteiger partial charge in [-0.1, -0.05) is 24.3 Å². The van der Waals surface area contributed by atoms with E-state index in [1.54, 1.807) is 13.0 Å². The summed E-state index contributed by atoms with van der Waals surface area (Å²) in [5.74, 6) is -0.572. The van der Waals surface area contributed by atoms with E-state index in [9.17, 15) is 18.5 Å². The van der Waals surface area contributed by atoms with Gasteiger partial charge in [0.2, 0.25) is 15.9 Å². The normalized spacial score (nSPS) is 20.6. The predicted molar refractivity (Wildman–Crippen MR) is 119 cm³/mol. The lowest BCUT2D eigenvalue weighted by atomic mass is 9.97. The SMILES string of the molecule is Cc1ccc(C)c(S(=O)(=O)N2CCC[C@H](C(=O)Nc3ccc(C4(C#N)CC4)cc3)C2)c1. The predicted octanol–water partition coefficient (Wildman–Crippen LogP) is 3.90. The van der Waals surface area contributed by atoms with Crippen molar-refractivity contribution in [2.45, 2.75) is 49.8 Å². The Morgan fingerprint density at radius 3 is 2.52 bits per heavy atom. The molecular weight excluding hydrogens is 410 g/mol. The van der Waals surface area contributed by atoms with E-state index < -0.39 is 15.9 Å². The van der Waals surface area contributed by atoms with Crippen LogP contribution in [0.5, 0.6) is 0 Å². The summed E-state index contributed by atoms with van der Waals surface area (Å²) in [6.07, 6.45) is 3.05. The van der Waals surface area contributed by atoms with Crippen LogP contribution < -0.4 is 5.32 Å². The molecule has 1 heterocycles. The molecule has 31 heavy (non-hydrogen) atoms. The topological polar surface area (TPSA) is 90.3 Å². The van der Waals surface area contributed by atoms with Crippen LogP contribution in [-0.4, -0.2) is 31.7 Å². The number of nitrogens with zero attached hydrogens (tertiary/aromatic N) is 2. The van der Waals surface area contributed by atoms with Crippen molar-refractivity contribution in [1.82, 2.24) is 4.31 Å². The Morgan fingerprint density at radius 2 is 1.87 bits per heavy atom. The molecule has 7 heteroatoms.